The van der Waals surface area contributed by atoms with Gasteiger partial charge in [0.25, 0.3) is 0 Å². The van der Waals surface area contributed by atoms with E-state index in [1.807, 2.05) is 0 Å². The predicted molar refractivity (Wildman–Crippen MR) is 83.5 cm³/mol. The predicted octanol–water partition coefficient (Wildman–Crippen LogP) is 2.99. The Kier molecular flexibility index (Phi) is 5.07. The monoisotopic (exact) mass is 311 g/mol. The van der Waals surface area contributed by atoms with Gasteiger partial charge in [-0.2, -0.15) is 0 Å². The normalized spacial score (nSPS) is 19.6. The quantitative estimate of drug-likeness (QED) is 0.848. The number of hydrogen-bond acceptors (Lipinski definition) is 3. The molecule has 1 atom stereocenters. The van der Waals surface area contributed by atoms with Gasteiger partial charge < -0.3 is 5.11 Å². The van der Waals surface area contributed by atoms with Crippen molar-refractivity contribution in [3.05, 3.63) is 29.8 Å². The lowest BCUT2D eigenvalue weighted by Crippen LogP contribution is -2.35. The number of hydrogen-bond donors (Lipinski definition) is 2. The Hall–Kier alpha value is -0.910. The molecule has 1 fully saturated rings. The van der Waals surface area contributed by atoms with Crippen LogP contribution in [0.2, 0.25) is 0 Å². The maximum absolute atomic E-state index is 12.4. The van der Waals surface area contributed by atoms with Crippen molar-refractivity contribution in [2.24, 2.45) is 5.41 Å². The molecule has 1 aromatic carbocycles. The van der Waals surface area contributed by atoms with E-state index in [-0.39, 0.29) is 10.3 Å². The third-order valence-electron chi connectivity index (χ3n) is 4.70. The molecule has 0 bridgehead atoms. The minimum atomic E-state index is -3.51. The van der Waals surface area contributed by atoms with Gasteiger partial charge in [-0.25, -0.2) is 13.1 Å². The van der Waals surface area contributed by atoms with Crippen LogP contribution in [0.3, 0.4) is 0 Å². The molecule has 0 radical (unpaired) electrons. The first-order valence-corrected chi connectivity index (χ1v) is 9.15. The second-order valence-corrected chi connectivity index (χ2v) is 7.90. The fraction of sp³-hybridized carbons (Fsp3) is 0.625. The van der Waals surface area contributed by atoms with Gasteiger partial charge in [0.1, 0.15) is 0 Å². The van der Waals surface area contributed by atoms with E-state index in [0.717, 1.165) is 19.3 Å². The van der Waals surface area contributed by atoms with E-state index in [9.17, 15) is 13.5 Å². The molecule has 2 N–H and O–H groups in total. The number of aliphatic hydroxyl groups excluding tert-OH is 1. The van der Waals surface area contributed by atoms with Crippen LogP contribution in [0.4, 0.5) is 0 Å². The minimum Gasteiger partial charge on any atom is -0.389 e. The van der Waals surface area contributed by atoms with Crippen molar-refractivity contribution in [2.45, 2.75) is 57.0 Å². The second kappa shape index (κ2) is 6.46. The molecular weight excluding hydrogens is 286 g/mol. The molecule has 1 aliphatic carbocycles. The maximum Gasteiger partial charge on any atom is 0.240 e. The number of sulfonamides is 1. The van der Waals surface area contributed by atoms with Crippen LogP contribution in [-0.4, -0.2) is 20.1 Å². The molecule has 1 saturated carbocycles. The molecular formula is C16H25NO3S. The van der Waals surface area contributed by atoms with Crippen molar-refractivity contribution >= 4 is 10.0 Å². The van der Waals surface area contributed by atoms with Crippen molar-refractivity contribution in [3.63, 3.8) is 0 Å². The molecule has 1 aromatic rings. The summed E-state index contributed by atoms with van der Waals surface area (Å²) in [6.45, 7) is 4.27. The van der Waals surface area contributed by atoms with E-state index in [1.54, 1.807) is 31.2 Å². The zero-order chi connectivity index (χ0) is 15.5. The lowest BCUT2D eigenvalue weighted by Gasteiger charge is -2.27. The van der Waals surface area contributed by atoms with Crippen LogP contribution < -0.4 is 4.72 Å². The van der Waals surface area contributed by atoms with Gasteiger partial charge in [0.05, 0.1) is 11.0 Å². The van der Waals surface area contributed by atoms with Crippen molar-refractivity contribution in [3.8, 4) is 0 Å². The molecule has 0 aromatic heterocycles. The molecule has 0 aliphatic heterocycles. The molecule has 0 heterocycles. The van der Waals surface area contributed by atoms with Gasteiger partial charge in [0.2, 0.25) is 10.0 Å². The fourth-order valence-corrected chi connectivity index (χ4v) is 4.27. The molecule has 5 heteroatoms. The van der Waals surface area contributed by atoms with Gasteiger partial charge in [-0.15, -0.1) is 0 Å². The Labute approximate surface area is 127 Å². The number of aliphatic hydroxyl groups is 1. The van der Waals surface area contributed by atoms with E-state index < -0.39 is 16.1 Å². The van der Waals surface area contributed by atoms with E-state index in [0.29, 0.717) is 12.1 Å². The third-order valence-corrected chi connectivity index (χ3v) is 6.10. The molecule has 1 aliphatic rings. The van der Waals surface area contributed by atoms with Gasteiger partial charge in [0.15, 0.2) is 0 Å². The average molecular weight is 311 g/mol. The summed E-state index contributed by atoms with van der Waals surface area (Å²) in [6.07, 6.45) is 4.90. The van der Waals surface area contributed by atoms with Crippen LogP contribution in [0, 0.1) is 5.41 Å². The van der Waals surface area contributed by atoms with Gasteiger partial charge in [-0.1, -0.05) is 31.9 Å². The van der Waals surface area contributed by atoms with Gasteiger partial charge in [-0.05, 0) is 49.3 Å². The Morgan fingerprint density at radius 3 is 2.57 bits per heavy atom. The number of nitrogens with one attached hydrogen (secondary N) is 1. The molecule has 21 heavy (non-hydrogen) atoms. The van der Waals surface area contributed by atoms with E-state index in [4.69, 9.17) is 0 Å². The molecule has 2 rings (SSSR count). The molecule has 0 spiro atoms. The Balaban J connectivity index is 2.13. The van der Waals surface area contributed by atoms with Crippen LogP contribution >= 0.6 is 0 Å². The summed E-state index contributed by atoms with van der Waals surface area (Å²) in [7, 11) is -3.51. The first-order valence-electron chi connectivity index (χ1n) is 7.66. The van der Waals surface area contributed by atoms with Gasteiger partial charge in [-0.3, -0.25) is 0 Å². The van der Waals surface area contributed by atoms with Crippen molar-refractivity contribution in [1.29, 1.82) is 0 Å². The van der Waals surface area contributed by atoms with E-state index in [1.165, 1.54) is 12.8 Å². The summed E-state index contributed by atoms with van der Waals surface area (Å²) >= 11 is 0. The lowest BCUT2D eigenvalue weighted by atomic mass is 9.84. The van der Waals surface area contributed by atoms with Crippen molar-refractivity contribution in [1.82, 2.24) is 4.72 Å². The highest BCUT2D eigenvalue weighted by Gasteiger charge is 2.33. The van der Waals surface area contributed by atoms with E-state index in [2.05, 4.69) is 11.6 Å². The topological polar surface area (TPSA) is 66.4 Å². The molecule has 4 nitrogen and oxygen atoms in total. The zero-order valence-corrected chi connectivity index (χ0v) is 13.6. The SMILES string of the molecule is CCC1(CNS(=O)(=O)c2cccc(C(C)O)c2)CCCC1. The molecule has 1 unspecified atom stereocenters. The largest absolute Gasteiger partial charge is 0.389 e. The highest BCUT2D eigenvalue weighted by atomic mass is 32.2. The Bertz CT molecular complexity index is 575. The number of benzene rings is 1. The molecule has 0 saturated heterocycles. The van der Waals surface area contributed by atoms with Crippen LogP contribution in [0.1, 0.15) is 57.6 Å². The standard InChI is InChI=1S/C16H25NO3S/c1-3-16(9-4-5-10-16)12-17-21(19,20)15-8-6-7-14(11-15)13(2)18/h6-8,11,13,17-18H,3-5,9-10,12H2,1-2H3. The Morgan fingerprint density at radius 2 is 2.00 bits per heavy atom. The summed E-state index contributed by atoms with van der Waals surface area (Å²) < 4.78 is 27.6. The van der Waals surface area contributed by atoms with Crippen LogP contribution in [0.15, 0.2) is 29.2 Å². The van der Waals surface area contributed by atoms with Gasteiger partial charge in [0, 0.05) is 6.54 Å². The van der Waals surface area contributed by atoms with Crippen molar-refractivity contribution < 1.29 is 13.5 Å². The Morgan fingerprint density at radius 1 is 1.33 bits per heavy atom. The average Bonchev–Trinajstić information content (AvgIpc) is 2.95. The highest BCUT2D eigenvalue weighted by Crippen LogP contribution is 2.40. The van der Waals surface area contributed by atoms with Crippen molar-refractivity contribution in [2.75, 3.05) is 6.54 Å². The highest BCUT2D eigenvalue weighted by molar-refractivity contribution is 7.89. The van der Waals surface area contributed by atoms with Crippen LogP contribution in [0.25, 0.3) is 0 Å². The van der Waals surface area contributed by atoms with Crippen LogP contribution in [0.5, 0.6) is 0 Å². The molecule has 118 valence electrons. The third kappa shape index (κ3) is 3.84. The summed E-state index contributed by atoms with van der Waals surface area (Å²) in [5, 5.41) is 9.58. The summed E-state index contributed by atoms with van der Waals surface area (Å²) in [6, 6.07) is 6.51. The smallest absolute Gasteiger partial charge is 0.240 e. The first-order chi connectivity index (χ1) is 9.88. The van der Waals surface area contributed by atoms with E-state index >= 15 is 0 Å². The minimum absolute atomic E-state index is 0.120. The summed E-state index contributed by atoms with van der Waals surface area (Å²) in [4.78, 5) is 0.227. The second-order valence-electron chi connectivity index (χ2n) is 6.13. The summed E-state index contributed by atoms with van der Waals surface area (Å²) in [5.74, 6) is 0. The first kappa shape index (κ1) is 16.5. The van der Waals surface area contributed by atoms with Gasteiger partial charge >= 0.3 is 0 Å². The fourth-order valence-electron chi connectivity index (χ4n) is 3.05. The zero-order valence-electron chi connectivity index (χ0n) is 12.8. The van der Waals surface area contributed by atoms with Crippen LogP contribution in [-0.2, 0) is 10.0 Å². The maximum atomic E-state index is 12.4. The molecule has 0 amide bonds. The number of rotatable bonds is 6. The lowest BCUT2D eigenvalue weighted by molar-refractivity contribution is 0.199. The summed E-state index contributed by atoms with van der Waals surface area (Å²) in [5.41, 5.74) is 0.735.